The fourth-order valence-electron chi connectivity index (χ4n) is 3.52. The highest BCUT2D eigenvalue weighted by molar-refractivity contribution is 5.73. The molecule has 184 valence electrons. The molecule has 9 nitrogen and oxygen atoms in total. The minimum Gasteiger partial charge on any atom is -0.488 e. The first-order valence-electron chi connectivity index (χ1n) is 10.0. The summed E-state index contributed by atoms with van der Waals surface area (Å²) in [4.78, 5) is 15.5. The van der Waals surface area contributed by atoms with Gasteiger partial charge in [-0.3, -0.25) is 4.90 Å². The van der Waals surface area contributed by atoms with Gasteiger partial charge in [0.05, 0.1) is 5.69 Å². The number of nitrogens with zero attached hydrogens (tertiary/aromatic N) is 3. The molecule has 2 aliphatic rings. The van der Waals surface area contributed by atoms with Crippen LogP contribution in [0, 0.1) is 11.3 Å². The lowest BCUT2D eigenvalue weighted by Gasteiger charge is -2.24. The van der Waals surface area contributed by atoms with E-state index in [-0.39, 0.29) is 18.8 Å². The number of fused-ring (bicyclic) bond motifs is 2. The zero-order valence-corrected chi connectivity index (χ0v) is 17.5. The van der Waals surface area contributed by atoms with Crippen LogP contribution in [0.4, 0.5) is 24.7 Å². The number of carboxylic acids is 1. The topological polar surface area (TPSA) is 148 Å². The van der Waals surface area contributed by atoms with E-state index in [4.69, 9.17) is 30.8 Å². The number of anilines is 2. The van der Waals surface area contributed by atoms with Crippen molar-refractivity contribution in [3.8, 4) is 23.4 Å². The molecule has 5 N–H and O–H groups in total. The Morgan fingerprint density at radius 3 is 2.53 bits per heavy atom. The van der Waals surface area contributed by atoms with Gasteiger partial charge < -0.3 is 26.0 Å². The summed E-state index contributed by atoms with van der Waals surface area (Å²) in [5, 5.41) is 16.3. The number of ether oxygens (including phenoxy) is 2. The van der Waals surface area contributed by atoms with Crippen LogP contribution in [0.1, 0.15) is 37.0 Å². The second-order valence-electron chi connectivity index (χ2n) is 7.40. The van der Waals surface area contributed by atoms with Crippen molar-refractivity contribution in [1.29, 1.82) is 5.26 Å². The Morgan fingerprint density at radius 2 is 1.94 bits per heavy atom. The number of benzene rings is 1. The van der Waals surface area contributed by atoms with Crippen molar-refractivity contribution < 1.29 is 32.5 Å². The minimum absolute atomic E-state index is 0. The van der Waals surface area contributed by atoms with Crippen molar-refractivity contribution in [3.63, 3.8) is 0 Å². The number of hydrogen-bond acceptors (Lipinski definition) is 8. The monoisotopic (exact) mass is 481 g/mol. The fraction of sp³-hybridized carbons (Fsp3) is 0.409. The molecule has 4 rings (SSSR count). The molecular formula is C22H26F3N5O4. The maximum Gasteiger partial charge on any atom is 0.490 e. The number of aromatic nitrogens is 1. The SMILES string of the molecule is C.N#Cc1c(N)nc2c(c1N)Cc1cccc(OCCN3CCCC3)c1O2.O=C(O)C(F)(F)F. The fourth-order valence-corrected chi connectivity index (χ4v) is 3.52. The molecular weight excluding hydrogens is 455 g/mol. The predicted octanol–water partition coefficient (Wildman–Crippen LogP) is 3.56. The third-order valence-corrected chi connectivity index (χ3v) is 5.18. The van der Waals surface area contributed by atoms with E-state index in [1.807, 2.05) is 24.3 Å². The molecule has 0 spiro atoms. The summed E-state index contributed by atoms with van der Waals surface area (Å²) in [5.41, 5.74) is 14.1. The maximum absolute atomic E-state index is 10.6. The van der Waals surface area contributed by atoms with Gasteiger partial charge in [0, 0.05) is 24.1 Å². The normalized spacial score (nSPS) is 14.3. The molecule has 0 unspecified atom stereocenters. The number of nitriles is 1. The number of likely N-dealkylation sites (tertiary alicyclic amines) is 1. The zero-order valence-electron chi connectivity index (χ0n) is 17.5. The number of nitrogens with two attached hydrogens (primary N) is 2. The van der Waals surface area contributed by atoms with Gasteiger partial charge in [0.1, 0.15) is 24.1 Å². The van der Waals surface area contributed by atoms with Gasteiger partial charge in [-0.25, -0.2) is 4.79 Å². The molecule has 3 heterocycles. The summed E-state index contributed by atoms with van der Waals surface area (Å²) in [7, 11) is 0. The van der Waals surface area contributed by atoms with Crippen LogP contribution in [-0.2, 0) is 11.2 Å². The van der Waals surface area contributed by atoms with Gasteiger partial charge in [-0.15, -0.1) is 0 Å². The molecule has 34 heavy (non-hydrogen) atoms. The molecule has 1 aromatic heterocycles. The van der Waals surface area contributed by atoms with E-state index in [1.165, 1.54) is 12.8 Å². The lowest BCUT2D eigenvalue weighted by molar-refractivity contribution is -0.192. The number of nitrogen functional groups attached to an aromatic ring is 2. The standard InChI is InChI=1S/C19H21N5O2.C2HF3O2.CH4/c20-11-14-16(21)13-10-12-4-3-5-15(17(12)26-19(13)23-18(14)22)25-9-8-24-6-1-2-7-24;3-2(4,5)1(6)7;/h3-5H,1-2,6-10H2,(H4,21,22,23);(H,6,7);1H4. The van der Waals surface area contributed by atoms with E-state index in [0.29, 0.717) is 41.7 Å². The Bertz CT molecular complexity index is 1080. The Balaban J connectivity index is 0.000000449. The summed E-state index contributed by atoms with van der Waals surface area (Å²) in [6, 6.07) is 7.80. The van der Waals surface area contributed by atoms with Gasteiger partial charge in [-0.1, -0.05) is 19.6 Å². The van der Waals surface area contributed by atoms with Crippen molar-refractivity contribution >= 4 is 17.5 Å². The van der Waals surface area contributed by atoms with Crippen molar-refractivity contribution in [2.75, 3.05) is 37.7 Å². The number of halogens is 3. The molecule has 1 saturated heterocycles. The smallest absolute Gasteiger partial charge is 0.488 e. The van der Waals surface area contributed by atoms with Gasteiger partial charge >= 0.3 is 12.1 Å². The summed E-state index contributed by atoms with van der Waals surface area (Å²) >= 11 is 0. The van der Waals surface area contributed by atoms with Gasteiger partial charge in [0.15, 0.2) is 11.5 Å². The van der Waals surface area contributed by atoms with E-state index in [0.717, 1.165) is 25.2 Å². The van der Waals surface area contributed by atoms with Crippen LogP contribution in [-0.4, -0.2) is 53.4 Å². The largest absolute Gasteiger partial charge is 0.490 e. The summed E-state index contributed by atoms with van der Waals surface area (Å²) in [6.07, 6.45) is -2.03. The molecule has 0 amide bonds. The number of para-hydroxylation sites is 1. The van der Waals surface area contributed by atoms with E-state index in [1.54, 1.807) is 0 Å². The van der Waals surface area contributed by atoms with Crippen LogP contribution in [0.3, 0.4) is 0 Å². The molecule has 0 radical (unpaired) electrons. The van der Waals surface area contributed by atoms with Crippen LogP contribution in [0.15, 0.2) is 18.2 Å². The van der Waals surface area contributed by atoms with Crippen LogP contribution in [0.5, 0.6) is 17.4 Å². The average Bonchev–Trinajstić information content (AvgIpc) is 3.27. The third-order valence-electron chi connectivity index (χ3n) is 5.18. The highest BCUT2D eigenvalue weighted by Crippen LogP contribution is 2.44. The van der Waals surface area contributed by atoms with E-state index in [2.05, 4.69) is 9.88 Å². The number of carbonyl (C=O) groups is 1. The molecule has 0 aliphatic carbocycles. The van der Waals surface area contributed by atoms with Gasteiger partial charge in [-0.2, -0.15) is 23.4 Å². The molecule has 2 aliphatic heterocycles. The Hall–Kier alpha value is -3.72. The number of aliphatic carboxylic acids is 1. The lowest BCUT2D eigenvalue weighted by Crippen LogP contribution is -2.25. The quantitative estimate of drug-likeness (QED) is 0.509. The van der Waals surface area contributed by atoms with Crippen LogP contribution in [0.25, 0.3) is 0 Å². The van der Waals surface area contributed by atoms with E-state index < -0.39 is 12.1 Å². The van der Waals surface area contributed by atoms with Crippen LogP contribution < -0.4 is 20.9 Å². The van der Waals surface area contributed by atoms with Crippen LogP contribution >= 0.6 is 0 Å². The average molecular weight is 481 g/mol. The summed E-state index contributed by atoms with van der Waals surface area (Å²) < 4.78 is 43.7. The first-order valence-corrected chi connectivity index (χ1v) is 10.0. The Labute approximate surface area is 194 Å². The highest BCUT2D eigenvalue weighted by atomic mass is 19.4. The molecule has 0 atom stereocenters. The molecule has 12 heteroatoms. The number of hydrogen-bond donors (Lipinski definition) is 3. The van der Waals surface area contributed by atoms with Gasteiger partial charge in [0.2, 0.25) is 5.88 Å². The summed E-state index contributed by atoms with van der Waals surface area (Å²) in [6.45, 7) is 3.80. The Morgan fingerprint density at radius 1 is 1.29 bits per heavy atom. The number of rotatable bonds is 4. The number of carboxylic acid groups (broad SMARTS) is 1. The second-order valence-corrected chi connectivity index (χ2v) is 7.40. The van der Waals surface area contributed by atoms with Crippen molar-refractivity contribution in [1.82, 2.24) is 9.88 Å². The van der Waals surface area contributed by atoms with E-state index in [9.17, 15) is 18.4 Å². The highest BCUT2D eigenvalue weighted by Gasteiger charge is 2.38. The third kappa shape index (κ3) is 5.99. The summed E-state index contributed by atoms with van der Waals surface area (Å²) in [5.74, 6) is -0.984. The second kappa shape index (κ2) is 10.9. The number of alkyl halides is 3. The van der Waals surface area contributed by atoms with Gasteiger partial charge in [-0.05, 0) is 32.0 Å². The van der Waals surface area contributed by atoms with Crippen molar-refractivity contribution in [3.05, 3.63) is 34.9 Å². The molecule has 0 saturated carbocycles. The van der Waals surface area contributed by atoms with Gasteiger partial charge in [0.25, 0.3) is 0 Å². The van der Waals surface area contributed by atoms with Crippen molar-refractivity contribution in [2.45, 2.75) is 32.9 Å². The first kappa shape index (κ1) is 26.5. The molecule has 1 aromatic carbocycles. The maximum atomic E-state index is 10.6. The Kier molecular flexibility index (Phi) is 8.53. The lowest BCUT2D eigenvalue weighted by atomic mass is 9.99. The van der Waals surface area contributed by atoms with Crippen molar-refractivity contribution in [2.24, 2.45) is 0 Å². The minimum atomic E-state index is -5.08. The molecule has 1 fully saturated rings. The predicted molar refractivity (Wildman–Crippen MR) is 119 cm³/mol. The number of pyridine rings is 1. The first-order chi connectivity index (χ1) is 15.6. The zero-order chi connectivity index (χ0) is 24.2. The molecule has 2 aromatic rings. The molecule has 0 bridgehead atoms. The van der Waals surface area contributed by atoms with E-state index >= 15 is 0 Å². The van der Waals surface area contributed by atoms with Crippen LogP contribution in [0.2, 0.25) is 0 Å².